The highest BCUT2D eigenvalue weighted by molar-refractivity contribution is 7.08. The molecule has 94 valence electrons. The van der Waals surface area contributed by atoms with Gasteiger partial charge in [0.15, 0.2) is 12.1 Å². The van der Waals surface area contributed by atoms with Gasteiger partial charge in [0.05, 0.1) is 11.0 Å². The van der Waals surface area contributed by atoms with E-state index in [-0.39, 0.29) is 6.17 Å². The lowest BCUT2D eigenvalue weighted by atomic mass is 10.2. The molecule has 0 aliphatic carbocycles. The number of thiophene rings is 1. The van der Waals surface area contributed by atoms with Crippen molar-refractivity contribution < 1.29 is 0 Å². The van der Waals surface area contributed by atoms with E-state index in [1.54, 1.807) is 11.3 Å². The van der Waals surface area contributed by atoms with Crippen molar-refractivity contribution in [2.45, 2.75) is 6.17 Å². The molecule has 2 aromatic heterocycles. The van der Waals surface area contributed by atoms with Gasteiger partial charge >= 0.3 is 0 Å². The lowest BCUT2D eigenvalue weighted by Crippen LogP contribution is -2.31. The summed E-state index contributed by atoms with van der Waals surface area (Å²) in [6, 6.07) is 10.1. The molecule has 0 fully saturated rings. The van der Waals surface area contributed by atoms with Crippen LogP contribution in [0.2, 0.25) is 0 Å². The molecule has 1 aliphatic rings. The molecule has 4 rings (SSSR count). The summed E-state index contributed by atoms with van der Waals surface area (Å²) < 4.78 is 2.08. The van der Waals surface area contributed by atoms with Crippen LogP contribution >= 0.6 is 11.3 Å². The molecule has 3 heterocycles. The average Bonchev–Trinajstić information content (AvgIpc) is 3.04. The Hall–Kier alpha value is -2.34. The molecule has 1 aliphatic heterocycles. The molecular weight excluding hydrogens is 258 g/mol. The van der Waals surface area contributed by atoms with E-state index in [1.807, 2.05) is 29.6 Å². The van der Waals surface area contributed by atoms with E-state index >= 15 is 0 Å². The Labute approximate surface area is 113 Å². The summed E-state index contributed by atoms with van der Waals surface area (Å²) in [6.07, 6.45) is -0.144. The van der Waals surface area contributed by atoms with Crippen LogP contribution < -0.4 is 11.1 Å². The van der Waals surface area contributed by atoms with E-state index < -0.39 is 0 Å². The SMILES string of the molecule is NC1=NC(c2ccsc2)n2c(nc3ccccc32)N1. The Morgan fingerprint density at radius 2 is 2.16 bits per heavy atom. The fourth-order valence-electron chi connectivity index (χ4n) is 2.36. The molecular formula is C13H11N5S. The van der Waals surface area contributed by atoms with Crippen LogP contribution in [0.4, 0.5) is 5.95 Å². The predicted molar refractivity (Wildman–Crippen MR) is 77.4 cm³/mol. The monoisotopic (exact) mass is 269 g/mol. The van der Waals surface area contributed by atoms with Crippen LogP contribution in [0.25, 0.3) is 11.0 Å². The summed E-state index contributed by atoms with van der Waals surface area (Å²) in [6.45, 7) is 0. The molecule has 0 amide bonds. The Morgan fingerprint density at radius 1 is 1.26 bits per heavy atom. The lowest BCUT2D eigenvalue weighted by Gasteiger charge is -2.22. The van der Waals surface area contributed by atoms with E-state index in [9.17, 15) is 0 Å². The quantitative estimate of drug-likeness (QED) is 0.712. The normalized spacial score (nSPS) is 17.9. The van der Waals surface area contributed by atoms with Gasteiger partial charge < -0.3 is 5.73 Å². The molecule has 0 radical (unpaired) electrons. The van der Waals surface area contributed by atoms with Crippen LogP contribution in [0, 0.1) is 0 Å². The molecule has 0 spiro atoms. The summed E-state index contributed by atoms with van der Waals surface area (Å²) in [5.74, 6) is 1.14. The first-order valence-electron chi connectivity index (χ1n) is 5.92. The minimum absolute atomic E-state index is 0.144. The standard InChI is InChI=1S/C13H11N5S/c14-12-16-11(8-5-6-19-7-8)18-10-4-2-1-3-9(10)15-13(18)17-12/h1-7,11H,(H3,14,15,16,17). The van der Waals surface area contributed by atoms with Crippen LogP contribution in [0.3, 0.4) is 0 Å². The van der Waals surface area contributed by atoms with Gasteiger partial charge in [-0.25, -0.2) is 9.98 Å². The molecule has 5 nitrogen and oxygen atoms in total. The number of benzene rings is 1. The maximum atomic E-state index is 5.86. The maximum absolute atomic E-state index is 5.86. The smallest absolute Gasteiger partial charge is 0.212 e. The number of hydrogen-bond donors (Lipinski definition) is 2. The summed E-state index contributed by atoms with van der Waals surface area (Å²) in [7, 11) is 0. The number of nitrogens with one attached hydrogen (secondary N) is 1. The molecule has 0 saturated heterocycles. The first-order valence-corrected chi connectivity index (χ1v) is 6.86. The second-order valence-corrected chi connectivity index (χ2v) is 5.14. The summed E-state index contributed by atoms with van der Waals surface area (Å²) in [5.41, 5.74) is 8.97. The highest BCUT2D eigenvalue weighted by Gasteiger charge is 2.24. The number of rotatable bonds is 1. The highest BCUT2D eigenvalue weighted by atomic mass is 32.1. The van der Waals surface area contributed by atoms with Crippen molar-refractivity contribution in [1.82, 2.24) is 9.55 Å². The van der Waals surface area contributed by atoms with Gasteiger partial charge in [-0.05, 0) is 29.0 Å². The van der Waals surface area contributed by atoms with Gasteiger partial charge in [-0.3, -0.25) is 9.88 Å². The zero-order chi connectivity index (χ0) is 12.8. The van der Waals surface area contributed by atoms with Crippen LogP contribution in [-0.2, 0) is 0 Å². The molecule has 6 heteroatoms. The lowest BCUT2D eigenvalue weighted by molar-refractivity contribution is 0.628. The largest absolute Gasteiger partial charge is 0.370 e. The Kier molecular flexibility index (Phi) is 2.13. The summed E-state index contributed by atoms with van der Waals surface area (Å²) in [4.78, 5) is 9.06. The van der Waals surface area contributed by atoms with Crippen molar-refractivity contribution in [2.24, 2.45) is 10.7 Å². The topological polar surface area (TPSA) is 68.2 Å². The van der Waals surface area contributed by atoms with Crippen LogP contribution in [0.15, 0.2) is 46.1 Å². The van der Waals surface area contributed by atoms with Crippen molar-refractivity contribution in [1.29, 1.82) is 0 Å². The number of fused-ring (bicyclic) bond motifs is 3. The number of imidazole rings is 1. The fourth-order valence-corrected chi connectivity index (χ4v) is 3.03. The second-order valence-electron chi connectivity index (χ2n) is 4.36. The number of nitrogens with two attached hydrogens (primary N) is 1. The molecule has 1 aromatic carbocycles. The van der Waals surface area contributed by atoms with Gasteiger partial charge in [-0.15, -0.1) is 0 Å². The molecule has 1 unspecified atom stereocenters. The molecule has 0 saturated carbocycles. The zero-order valence-electron chi connectivity index (χ0n) is 9.95. The number of anilines is 1. The van der Waals surface area contributed by atoms with Crippen LogP contribution in [-0.4, -0.2) is 15.5 Å². The van der Waals surface area contributed by atoms with Crippen LogP contribution in [0.1, 0.15) is 11.7 Å². The number of guanidine groups is 1. The van der Waals surface area contributed by atoms with Gasteiger partial charge in [0.2, 0.25) is 5.95 Å². The van der Waals surface area contributed by atoms with E-state index in [2.05, 4.69) is 31.3 Å². The third-order valence-electron chi connectivity index (χ3n) is 3.18. The molecule has 1 atom stereocenters. The zero-order valence-corrected chi connectivity index (χ0v) is 10.8. The van der Waals surface area contributed by atoms with Gasteiger partial charge in [-0.1, -0.05) is 12.1 Å². The molecule has 3 N–H and O–H groups in total. The third kappa shape index (κ3) is 1.53. The minimum atomic E-state index is -0.144. The predicted octanol–water partition coefficient (Wildman–Crippen LogP) is 2.38. The number of aliphatic imine (C=N–C) groups is 1. The minimum Gasteiger partial charge on any atom is -0.370 e. The van der Waals surface area contributed by atoms with Crippen molar-refractivity contribution in [3.05, 3.63) is 46.7 Å². The Bertz CT molecular complexity index is 772. The Balaban J connectivity index is 2.00. The van der Waals surface area contributed by atoms with Crippen LogP contribution in [0.5, 0.6) is 0 Å². The molecule has 19 heavy (non-hydrogen) atoms. The van der Waals surface area contributed by atoms with Gasteiger partial charge in [0, 0.05) is 5.56 Å². The number of aromatic nitrogens is 2. The first kappa shape index (κ1) is 10.6. The third-order valence-corrected chi connectivity index (χ3v) is 3.88. The fraction of sp³-hybridized carbons (Fsp3) is 0.0769. The molecule has 0 bridgehead atoms. The Morgan fingerprint density at radius 3 is 3.00 bits per heavy atom. The van der Waals surface area contributed by atoms with Gasteiger partial charge in [0.25, 0.3) is 0 Å². The number of hydrogen-bond acceptors (Lipinski definition) is 5. The number of nitrogens with zero attached hydrogens (tertiary/aromatic N) is 3. The van der Waals surface area contributed by atoms with Crippen molar-refractivity contribution in [2.75, 3.05) is 5.32 Å². The van der Waals surface area contributed by atoms with Gasteiger partial charge in [-0.2, -0.15) is 11.3 Å². The van der Waals surface area contributed by atoms with Gasteiger partial charge in [0.1, 0.15) is 0 Å². The second kappa shape index (κ2) is 3.83. The van der Waals surface area contributed by atoms with E-state index in [4.69, 9.17) is 5.73 Å². The van der Waals surface area contributed by atoms with Crippen molar-refractivity contribution >= 4 is 34.3 Å². The van der Waals surface area contributed by atoms with Crippen molar-refractivity contribution in [3.63, 3.8) is 0 Å². The summed E-state index contributed by atoms with van der Waals surface area (Å²) >= 11 is 1.65. The number of para-hydroxylation sites is 2. The maximum Gasteiger partial charge on any atom is 0.212 e. The first-order chi connectivity index (χ1) is 9.33. The van der Waals surface area contributed by atoms with E-state index in [0.717, 1.165) is 22.5 Å². The van der Waals surface area contributed by atoms with E-state index in [1.165, 1.54) is 0 Å². The van der Waals surface area contributed by atoms with Crippen molar-refractivity contribution in [3.8, 4) is 0 Å². The highest BCUT2D eigenvalue weighted by Crippen LogP contribution is 2.32. The van der Waals surface area contributed by atoms with E-state index in [0.29, 0.717) is 5.96 Å². The average molecular weight is 269 g/mol. The summed E-state index contributed by atoms with van der Waals surface area (Å²) in [5, 5.41) is 7.16. The molecule has 3 aromatic rings.